The van der Waals surface area contributed by atoms with E-state index in [2.05, 4.69) is 71.5 Å². The number of hydrogen-bond acceptors (Lipinski definition) is 0. The molecule has 0 nitrogen and oxygen atoms in total. The van der Waals surface area contributed by atoms with Crippen LogP contribution >= 0.6 is 24.8 Å². The molecule has 2 atom stereocenters. The average Bonchev–Trinajstić information content (AvgIpc) is 2.71. The Kier molecular flexibility index (Phi) is 7.53. The molecule has 0 radical (unpaired) electrons. The largest absolute Gasteiger partial charge is 0.147 e. The van der Waals surface area contributed by atoms with Crippen LogP contribution in [0.2, 0.25) is 9.26 Å². The van der Waals surface area contributed by atoms with Crippen LogP contribution in [0.4, 0.5) is 0 Å². The van der Waals surface area contributed by atoms with Crippen molar-refractivity contribution in [2.24, 2.45) is 11.8 Å². The Bertz CT molecular complexity index is 699. The van der Waals surface area contributed by atoms with Crippen LogP contribution in [0, 0.1) is 11.8 Å². The molecule has 0 saturated carbocycles. The molecule has 4 heteroatoms. The molecule has 0 N–H and O–H groups in total. The van der Waals surface area contributed by atoms with Crippen LogP contribution in [0.15, 0.2) is 40.0 Å². The molecule has 0 bridgehead atoms. The zero-order valence-electron chi connectivity index (χ0n) is 17.2. The third-order valence-electron chi connectivity index (χ3n) is 7.01. The fraction of sp³-hybridized carbons (Fsp3) is 0.600. The molecular formula is C20H36Cl2SiZr. The van der Waals surface area contributed by atoms with Crippen LogP contribution in [0.1, 0.15) is 55.4 Å². The van der Waals surface area contributed by atoms with Crippen LogP contribution in [0.25, 0.3) is 0 Å². The second-order valence-electron chi connectivity index (χ2n) is 8.82. The van der Waals surface area contributed by atoms with Crippen molar-refractivity contribution in [3.63, 3.8) is 0 Å². The fourth-order valence-electron chi connectivity index (χ4n) is 5.46. The van der Waals surface area contributed by atoms with Gasteiger partial charge in [-0.2, -0.15) is 0 Å². The monoisotopic (exact) mass is 464 g/mol. The maximum Gasteiger partial charge on any atom is -0.147 e. The summed E-state index contributed by atoms with van der Waals surface area (Å²) in [5, 5.41) is 0. The molecule has 0 fully saturated rings. The van der Waals surface area contributed by atoms with E-state index in [0.29, 0.717) is 11.8 Å². The minimum Gasteiger partial charge on any atom is -0.147 e. The first-order valence-corrected chi connectivity index (χ1v) is 22.0. The molecule has 2 aliphatic rings. The van der Waals surface area contributed by atoms with Gasteiger partial charge in [0.15, 0.2) is 0 Å². The van der Waals surface area contributed by atoms with Gasteiger partial charge in [-0.05, 0) is 0 Å². The van der Waals surface area contributed by atoms with Crippen LogP contribution in [-0.4, -0.2) is 6.88 Å². The van der Waals surface area contributed by atoms with E-state index >= 15 is 0 Å². The van der Waals surface area contributed by atoms with Gasteiger partial charge in [0.25, 0.3) is 0 Å². The van der Waals surface area contributed by atoms with Gasteiger partial charge in [-0.1, -0.05) is 0 Å². The van der Waals surface area contributed by atoms with Gasteiger partial charge in [0.05, 0.1) is 0 Å². The third kappa shape index (κ3) is 3.30. The molecule has 0 amide bonds. The molecule has 0 aromatic rings. The number of halogens is 2. The molecule has 2 unspecified atom stereocenters. The fourth-order valence-corrected chi connectivity index (χ4v) is 27.7. The normalized spacial score (nSPS) is 25.5. The molecule has 0 aromatic heterocycles. The van der Waals surface area contributed by atoms with Crippen LogP contribution < -0.4 is 0 Å². The average molecular weight is 467 g/mol. The van der Waals surface area contributed by atoms with E-state index in [-0.39, 0.29) is 24.8 Å². The molecule has 2 aliphatic carbocycles. The molecule has 2 rings (SSSR count). The van der Waals surface area contributed by atoms with Gasteiger partial charge in [-0.3, -0.25) is 0 Å². The summed E-state index contributed by atoms with van der Waals surface area (Å²) in [4.78, 5) is 0. The molecular weight excluding hydrogens is 430 g/mol. The van der Waals surface area contributed by atoms with Gasteiger partial charge < -0.3 is 0 Å². The second kappa shape index (κ2) is 7.34. The Morgan fingerprint density at radius 2 is 0.875 bits per heavy atom. The first-order valence-electron chi connectivity index (χ1n) is 8.66. The van der Waals surface area contributed by atoms with E-state index < -0.39 is 17.4 Å². The van der Waals surface area contributed by atoms with E-state index in [1.807, 2.05) is 6.56 Å². The summed E-state index contributed by atoms with van der Waals surface area (Å²) < 4.78 is 9.06. The van der Waals surface area contributed by atoms with Crippen LogP contribution in [0.3, 0.4) is 0 Å². The predicted octanol–water partition coefficient (Wildman–Crippen LogP) is 6.68. The topological polar surface area (TPSA) is 0 Å². The number of hydrogen-bond donors (Lipinski definition) is 0. The Labute approximate surface area is 164 Å². The Morgan fingerprint density at radius 3 is 1.04 bits per heavy atom. The smallest absolute Gasteiger partial charge is 0.147 e. The maximum absolute atomic E-state index is 3.11. The SMILES string of the molecule is CC1=C(C)C(C)[C]([Zr]([CH3])([CH3])(=[SiH2])[C]2=C(C)C(C)=C(C)C2C)=C1C.Cl.Cl. The van der Waals surface area contributed by atoms with Gasteiger partial charge in [-0.15, -0.1) is 24.8 Å². The molecule has 0 saturated heterocycles. The Morgan fingerprint density at radius 1 is 0.625 bits per heavy atom. The first-order chi connectivity index (χ1) is 9.81. The summed E-state index contributed by atoms with van der Waals surface area (Å²) in [5.41, 5.74) is 9.56. The van der Waals surface area contributed by atoms with E-state index in [1.165, 1.54) is 0 Å². The van der Waals surface area contributed by atoms with Crippen molar-refractivity contribution < 1.29 is 17.4 Å². The van der Waals surface area contributed by atoms with Gasteiger partial charge >= 0.3 is 141 Å². The third-order valence-corrected chi connectivity index (χ3v) is 24.0. The number of allylic oxidation sites excluding steroid dienone is 8. The van der Waals surface area contributed by atoms with Crippen LogP contribution in [-0.2, 0) is 17.4 Å². The summed E-state index contributed by atoms with van der Waals surface area (Å²) in [6, 6.07) is 0. The van der Waals surface area contributed by atoms with E-state index in [4.69, 9.17) is 0 Å². The quantitative estimate of drug-likeness (QED) is 0.398. The second-order valence-corrected chi connectivity index (χ2v) is 37.2. The summed E-state index contributed by atoms with van der Waals surface area (Å²) in [7, 11) is 0. The summed E-state index contributed by atoms with van der Waals surface area (Å²) in [6.45, 7) is 21.4. The predicted molar refractivity (Wildman–Crippen MR) is 115 cm³/mol. The molecule has 0 heterocycles. The van der Waals surface area contributed by atoms with Crippen molar-refractivity contribution in [2.75, 3.05) is 0 Å². The maximum atomic E-state index is 2.68. The van der Waals surface area contributed by atoms with Gasteiger partial charge in [0.2, 0.25) is 0 Å². The van der Waals surface area contributed by atoms with E-state index in [0.717, 1.165) is 0 Å². The van der Waals surface area contributed by atoms with Crippen molar-refractivity contribution in [1.82, 2.24) is 0 Å². The van der Waals surface area contributed by atoms with Crippen LogP contribution in [0.5, 0.6) is 0 Å². The minimum atomic E-state index is -3.11. The molecule has 138 valence electrons. The van der Waals surface area contributed by atoms with Crippen molar-refractivity contribution in [3.05, 3.63) is 40.0 Å². The van der Waals surface area contributed by atoms with E-state index in [1.54, 1.807) is 33.4 Å². The molecule has 0 spiro atoms. The van der Waals surface area contributed by atoms with Gasteiger partial charge in [0, 0.05) is 0 Å². The van der Waals surface area contributed by atoms with Crippen molar-refractivity contribution >= 4 is 31.7 Å². The summed E-state index contributed by atoms with van der Waals surface area (Å²) in [6.07, 6.45) is 0. The zero-order chi connectivity index (χ0) is 17.2. The van der Waals surface area contributed by atoms with Crippen molar-refractivity contribution in [2.45, 2.75) is 64.7 Å². The molecule has 24 heavy (non-hydrogen) atoms. The van der Waals surface area contributed by atoms with Gasteiger partial charge in [-0.25, -0.2) is 0 Å². The van der Waals surface area contributed by atoms with E-state index in [9.17, 15) is 0 Å². The summed E-state index contributed by atoms with van der Waals surface area (Å²) in [5.74, 6) is 1.29. The first kappa shape index (κ1) is 24.6. The molecule has 0 aromatic carbocycles. The standard InChI is InChI=1S/2C9H13.2CH3.2ClH.H2Si.Zr/c2*1-6-5-7(2)9(4)8(6)3;;;;;;/h2*6H,1-4H3;2*1H3;2*1H;1H2;. The van der Waals surface area contributed by atoms with Crippen molar-refractivity contribution in [3.8, 4) is 0 Å². The summed E-state index contributed by atoms with van der Waals surface area (Å²) >= 11 is -3.11. The Balaban J connectivity index is 0.00000264. The molecule has 0 aliphatic heterocycles. The number of rotatable bonds is 2. The van der Waals surface area contributed by atoms with Gasteiger partial charge in [0.1, 0.15) is 0 Å². The minimum absolute atomic E-state index is 0. The Hall–Kier alpha value is 0.640. The van der Waals surface area contributed by atoms with Crippen molar-refractivity contribution in [1.29, 1.82) is 0 Å². The zero-order valence-corrected chi connectivity index (χ0v) is 22.7.